The summed E-state index contributed by atoms with van der Waals surface area (Å²) in [6.07, 6.45) is 11.0. The van der Waals surface area contributed by atoms with E-state index in [0.717, 1.165) is 41.4 Å². The van der Waals surface area contributed by atoms with Gasteiger partial charge < -0.3 is 0 Å². The fourth-order valence-corrected chi connectivity index (χ4v) is 9.05. The van der Waals surface area contributed by atoms with Gasteiger partial charge in [-0.25, -0.2) is 0 Å². The predicted molar refractivity (Wildman–Crippen MR) is 229 cm³/mol. The third-order valence-corrected chi connectivity index (χ3v) is 12.9. The zero-order valence-electron chi connectivity index (χ0n) is 32.5. The Hall–Kier alpha value is -7.40. The highest BCUT2D eigenvalue weighted by Gasteiger charge is 2.34. The fraction of sp³-hybridized carbons (Fsp3) is 0.0465. The van der Waals surface area contributed by atoms with Gasteiger partial charge in [-0.15, -0.1) is 0 Å². The monoisotopic (exact) mass is 921 g/mol. The minimum absolute atomic E-state index is 0.0800. The van der Waals surface area contributed by atoms with Gasteiger partial charge in [-0.2, -0.15) is 30.4 Å². The number of hydrogen-bond donors (Lipinski definition) is 4. The predicted octanol–water partition coefficient (Wildman–Crippen LogP) is 3.85. The summed E-state index contributed by atoms with van der Waals surface area (Å²) < 4.78 is 105. The Morgan fingerprint density at radius 2 is 0.906 bits per heavy atom. The largest absolute Gasteiger partial charge is 0.294 e. The van der Waals surface area contributed by atoms with Crippen molar-refractivity contribution in [3.63, 3.8) is 0 Å². The number of carbonyl (C=O) groups is 6. The minimum atomic E-state index is -5.13. The van der Waals surface area contributed by atoms with E-state index < -0.39 is 113 Å². The number of fused-ring (bicyclic) bond motifs is 8. The summed E-state index contributed by atoms with van der Waals surface area (Å²) in [6, 6.07) is 7.95. The standard InChI is InChI=1S/C43H27N3O15S3/c1-2-46-42(51)34-5-3-4-33-36(7-6-35(37(33)34)43(46)52)45-44-20-21-8-22-10-24-14-30(62(53,54)55)16-26(39(24)48)12-28-18-32(64(59,60)61)19-29(41(28)50)13-27-17-31(63(56,57)58)15-25(40(27)49)11-23(9-21)38(22)47/h3-20,45H,2H2,1H3,(H,53,54,55)(H,56,57,58)(H,59,60,61)/b22-10?,23-11?,24-10?,25-11?,26-12?,27-13?,28-12?,29-13?,44-20+. The minimum Gasteiger partial charge on any atom is -0.289 e. The van der Waals surface area contributed by atoms with E-state index in [9.17, 15) is 67.7 Å². The molecule has 0 saturated carbocycles. The van der Waals surface area contributed by atoms with Gasteiger partial charge in [0, 0.05) is 73.0 Å². The highest BCUT2D eigenvalue weighted by atomic mass is 32.2. The molecule has 4 N–H and O–H groups in total. The van der Waals surface area contributed by atoms with Gasteiger partial charge >= 0.3 is 0 Å². The number of nitrogens with zero attached hydrogens (tertiary/aromatic N) is 2. The summed E-state index contributed by atoms with van der Waals surface area (Å²) in [5.74, 6) is -5.04. The molecular formula is C43H27N3O15S3. The van der Waals surface area contributed by atoms with Crippen LogP contribution in [0.25, 0.3) is 10.8 Å². The van der Waals surface area contributed by atoms with Crippen molar-refractivity contribution in [1.82, 2.24) is 4.90 Å². The molecule has 1 aliphatic heterocycles. The number of Topliss-reactive ketones (excluding diaryl/α,β-unsaturated/α-hetero) is 4. The maximum atomic E-state index is 14.2. The lowest BCUT2D eigenvalue weighted by Gasteiger charge is -2.26. The summed E-state index contributed by atoms with van der Waals surface area (Å²) in [4.78, 5) is 80.6. The first-order valence-electron chi connectivity index (χ1n) is 18.5. The van der Waals surface area contributed by atoms with Gasteiger partial charge in [0.25, 0.3) is 42.2 Å². The second-order valence-corrected chi connectivity index (χ2v) is 18.7. The second kappa shape index (κ2) is 15.4. The lowest BCUT2D eigenvalue weighted by molar-refractivity contribution is -0.112. The molecule has 0 saturated heterocycles. The number of allylic oxidation sites excluding steroid dienone is 21. The van der Waals surface area contributed by atoms with Crippen molar-refractivity contribution in [2.24, 2.45) is 5.10 Å². The average molecular weight is 922 g/mol. The lowest BCUT2D eigenvalue weighted by Crippen LogP contribution is -2.40. The molecule has 21 heteroatoms. The van der Waals surface area contributed by atoms with E-state index in [2.05, 4.69) is 10.5 Å². The molecule has 2 aromatic rings. The number of amides is 2. The third-order valence-electron chi connectivity index (χ3n) is 10.4. The topological polar surface area (TPSA) is 293 Å². The Balaban J connectivity index is 1.31. The van der Waals surface area contributed by atoms with E-state index in [1.54, 1.807) is 31.2 Å². The molecule has 6 aliphatic rings. The number of ketones is 4. The molecule has 8 rings (SSSR count). The number of benzene rings is 2. The number of carbonyl (C=O) groups excluding carboxylic acids is 6. The Morgan fingerprint density at radius 3 is 1.33 bits per heavy atom. The van der Waals surface area contributed by atoms with E-state index in [1.165, 1.54) is 24.4 Å². The van der Waals surface area contributed by atoms with Crippen LogP contribution in [-0.4, -0.2) is 91.5 Å². The Morgan fingerprint density at radius 1 is 0.516 bits per heavy atom. The maximum absolute atomic E-state index is 14.2. The first-order valence-corrected chi connectivity index (χ1v) is 22.8. The fourth-order valence-electron chi connectivity index (χ4n) is 7.39. The molecule has 2 amide bonds. The zero-order chi connectivity index (χ0) is 46.2. The van der Waals surface area contributed by atoms with E-state index >= 15 is 0 Å². The van der Waals surface area contributed by atoms with Gasteiger partial charge in [-0.1, -0.05) is 12.1 Å². The highest BCUT2D eigenvalue weighted by molar-refractivity contribution is 7.90. The van der Waals surface area contributed by atoms with E-state index in [0.29, 0.717) is 40.8 Å². The average Bonchev–Trinajstić information content (AvgIpc) is 3.21. The molecule has 0 atom stereocenters. The van der Waals surface area contributed by atoms with Crippen molar-refractivity contribution in [2.75, 3.05) is 12.0 Å². The normalized spacial score (nSPS) is 19.3. The van der Waals surface area contributed by atoms with Gasteiger partial charge in [0.05, 0.1) is 26.6 Å². The highest BCUT2D eigenvalue weighted by Crippen LogP contribution is 2.36. The molecular weight excluding hydrogens is 895 g/mol. The second-order valence-electron chi connectivity index (χ2n) is 14.4. The Bertz CT molecular complexity index is 3450. The third kappa shape index (κ3) is 7.82. The molecule has 2 aromatic carbocycles. The van der Waals surface area contributed by atoms with E-state index in [1.807, 2.05) is 0 Å². The first kappa shape index (κ1) is 43.3. The van der Waals surface area contributed by atoms with Gasteiger partial charge in [-0.05, 0) is 104 Å². The number of hydrazone groups is 1. The number of anilines is 1. The number of imide groups is 1. The summed E-state index contributed by atoms with van der Waals surface area (Å²) in [5, 5.41) is 5.12. The van der Waals surface area contributed by atoms with Gasteiger partial charge in [0.15, 0.2) is 23.1 Å². The molecule has 0 spiro atoms. The molecule has 322 valence electrons. The summed E-state index contributed by atoms with van der Waals surface area (Å²) in [6.45, 7) is 1.82. The van der Waals surface area contributed by atoms with Crippen LogP contribution in [-0.2, 0) is 49.5 Å². The van der Waals surface area contributed by atoms with Crippen molar-refractivity contribution in [3.05, 3.63) is 179 Å². The molecule has 0 unspecified atom stereocenters. The maximum Gasteiger partial charge on any atom is 0.294 e. The molecule has 8 bridgehead atoms. The molecule has 5 aliphatic carbocycles. The van der Waals surface area contributed by atoms with Crippen LogP contribution in [0.2, 0.25) is 0 Å². The zero-order valence-corrected chi connectivity index (χ0v) is 34.9. The quantitative estimate of drug-likeness (QED) is 0.133. The molecule has 18 nitrogen and oxygen atoms in total. The number of hydrogen-bond acceptors (Lipinski definition) is 14. The van der Waals surface area contributed by atoms with E-state index in [-0.39, 0.29) is 34.4 Å². The van der Waals surface area contributed by atoms with Crippen LogP contribution in [0.15, 0.2) is 173 Å². The van der Waals surface area contributed by atoms with Gasteiger partial charge in [0.2, 0.25) is 0 Å². The summed E-state index contributed by atoms with van der Waals surface area (Å²) in [5.41, 5.74) is -0.563. The van der Waals surface area contributed by atoms with Crippen molar-refractivity contribution >= 4 is 88.0 Å². The van der Waals surface area contributed by atoms with Crippen LogP contribution in [0.3, 0.4) is 0 Å². The smallest absolute Gasteiger partial charge is 0.289 e. The van der Waals surface area contributed by atoms with Gasteiger partial charge in [-0.3, -0.25) is 52.8 Å². The van der Waals surface area contributed by atoms with Crippen molar-refractivity contribution in [1.29, 1.82) is 0 Å². The van der Waals surface area contributed by atoms with Crippen molar-refractivity contribution in [2.45, 2.75) is 6.92 Å². The lowest BCUT2D eigenvalue weighted by atomic mass is 9.85. The molecule has 0 aromatic heterocycles. The van der Waals surface area contributed by atoms with Crippen LogP contribution in [0.5, 0.6) is 0 Å². The summed E-state index contributed by atoms with van der Waals surface area (Å²) >= 11 is 0. The van der Waals surface area contributed by atoms with Crippen molar-refractivity contribution in [3.8, 4) is 0 Å². The molecule has 1 heterocycles. The number of rotatable bonds is 7. The SMILES string of the molecule is CCN1C(=O)c2cccc3c(N/N=C/C4=CC5=CC6=CC(S(=O)(=O)O)=CC(=CC7=CC(S(=O)(=O)O)=CC(=CC8=CC(S(=O)(=O)O)=CC(=CC(=C4)C5=O)C8=O)C7=O)C6=O)ccc(c23)C1=O. The van der Waals surface area contributed by atoms with Crippen LogP contribution in [0.1, 0.15) is 27.6 Å². The van der Waals surface area contributed by atoms with E-state index in [4.69, 9.17) is 0 Å². The van der Waals surface area contributed by atoms with Crippen molar-refractivity contribution < 1.29 is 67.7 Å². The van der Waals surface area contributed by atoms with Crippen LogP contribution in [0.4, 0.5) is 5.69 Å². The molecule has 0 radical (unpaired) electrons. The number of nitrogens with one attached hydrogen (secondary N) is 1. The summed E-state index contributed by atoms with van der Waals surface area (Å²) in [7, 11) is -15.3. The van der Waals surface area contributed by atoms with Crippen LogP contribution in [0, 0.1) is 0 Å². The molecule has 0 fully saturated rings. The molecule has 64 heavy (non-hydrogen) atoms. The first-order chi connectivity index (χ1) is 30.0. The van der Waals surface area contributed by atoms with Crippen LogP contribution < -0.4 is 5.43 Å². The Labute approximate surface area is 362 Å². The Kier molecular flexibility index (Phi) is 10.4. The van der Waals surface area contributed by atoms with Gasteiger partial charge in [0.1, 0.15) is 0 Å². The van der Waals surface area contributed by atoms with Crippen LogP contribution >= 0.6 is 0 Å².